The summed E-state index contributed by atoms with van der Waals surface area (Å²) in [6.45, 7) is -0.199. The lowest BCUT2D eigenvalue weighted by Crippen LogP contribution is -2.20. The highest BCUT2D eigenvalue weighted by atomic mass is 79.9. The molecule has 2 rings (SSSR count). The van der Waals surface area contributed by atoms with Gasteiger partial charge in [-0.2, -0.15) is 0 Å². The van der Waals surface area contributed by atoms with Crippen LogP contribution in [0.1, 0.15) is 10.4 Å². The number of carboxylic acids is 1. The van der Waals surface area contributed by atoms with E-state index in [-0.39, 0.29) is 18.1 Å². The van der Waals surface area contributed by atoms with Crippen molar-refractivity contribution in [2.45, 2.75) is 0 Å². The minimum atomic E-state index is -1.04. The molecule has 1 amide bonds. The van der Waals surface area contributed by atoms with Crippen LogP contribution in [0.25, 0.3) is 0 Å². The molecule has 0 atom stereocenters. The van der Waals surface area contributed by atoms with Gasteiger partial charge in [-0.15, -0.1) is 0 Å². The number of aromatic carboxylic acids is 1. The molecule has 0 aromatic heterocycles. The van der Waals surface area contributed by atoms with Gasteiger partial charge >= 0.3 is 5.97 Å². The van der Waals surface area contributed by atoms with Crippen molar-refractivity contribution in [3.8, 4) is 5.75 Å². The molecule has 21 heavy (non-hydrogen) atoms. The predicted molar refractivity (Wildman–Crippen MR) is 81.7 cm³/mol. The minimum absolute atomic E-state index is 0.111. The van der Waals surface area contributed by atoms with Gasteiger partial charge in [-0.25, -0.2) is 4.79 Å². The average Bonchev–Trinajstić information content (AvgIpc) is 2.45. The molecule has 108 valence electrons. The first kappa shape index (κ1) is 15.1. The monoisotopic (exact) mass is 349 g/mol. The topological polar surface area (TPSA) is 75.6 Å². The highest BCUT2D eigenvalue weighted by Gasteiger charge is 2.07. The van der Waals surface area contributed by atoms with E-state index in [1.165, 1.54) is 12.1 Å². The summed E-state index contributed by atoms with van der Waals surface area (Å²) in [5.74, 6) is -1.04. The molecule has 0 spiro atoms. The van der Waals surface area contributed by atoms with Crippen LogP contribution in [0.5, 0.6) is 5.75 Å². The quantitative estimate of drug-likeness (QED) is 0.869. The van der Waals surface area contributed by atoms with Crippen molar-refractivity contribution in [1.82, 2.24) is 0 Å². The molecule has 2 aromatic carbocycles. The van der Waals surface area contributed by atoms with E-state index < -0.39 is 5.97 Å². The number of amides is 1. The van der Waals surface area contributed by atoms with E-state index in [1.54, 1.807) is 30.3 Å². The standard InChI is InChI=1S/C15H12BrNO4/c16-11-4-2-5-12(8-11)17-14(18)9-21-13-6-1-3-10(7-13)15(19)20/h1-8H,9H2,(H,17,18)(H,19,20). The van der Waals surface area contributed by atoms with Crippen LogP contribution >= 0.6 is 15.9 Å². The zero-order valence-corrected chi connectivity index (χ0v) is 12.5. The minimum Gasteiger partial charge on any atom is -0.484 e. The van der Waals surface area contributed by atoms with E-state index >= 15 is 0 Å². The number of halogens is 1. The molecule has 0 saturated carbocycles. The largest absolute Gasteiger partial charge is 0.484 e. The molecular formula is C15H12BrNO4. The number of anilines is 1. The first-order valence-corrected chi connectivity index (χ1v) is 6.85. The first-order chi connectivity index (χ1) is 10.0. The molecule has 2 N–H and O–H groups in total. The Labute approximate surface area is 129 Å². The van der Waals surface area contributed by atoms with Crippen molar-refractivity contribution in [3.05, 3.63) is 58.6 Å². The van der Waals surface area contributed by atoms with E-state index in [9.17, 15) is 9.59 Å². The smallest absolute Gasteiger partial charge is 0.335 e. The maximum absolute atomic E-state index is 11.7. The van der Waals surface area contributed by atoms with Crippen LogP contribution < -0.4 is 10.1 Å². The second kappa shape index (κ2) is 6.90. The molecule has 6 heteroatoms. The van der Waals surface area contributed by atoms with Gasteiger partial charge in [0, 0.05) is 10.2 Å². The van der Waals surface area contributed by atoms with Gasteiger partial charge in [0.15, 0.2) is 6.61 Å². The van der Waals surface area contributed by atoms with Gasteiger partial charge in [-0.05, 0) is 36.4 Å². The van der Waals surface area contributed by atoms with Crippen molar-refractivity contribution in [3.63, 3.8) is 0 Å². The zero-order valence-electron chi connectivity index (χ0n) is 10.9. The third-order valence-electron chi connectivity index (χ3n) is 2.56. The Morgan fingerprint density at radius 1 is 1.14 bits per heavy atom. The number of carboxylic acid groups (broad SMARTS) is 1. The Morgan fingerprint density at radius 2 is 1.90 bits per heavy atom. The number of benzene rings is 2. The second-order valence-corrected chi connectivity index (χ2v) is 5.10. The molecule has 0 saturated heterocycles. The highest BCUT2D eigenvalue weighted by Crippen LogP contribution is 2.16. The van der Waals surface area contributed by atoms with Crippen LogP contribution in [-0.2, 0) is 4.79 Å². The van der Waals surface area contributed by atoms with E-state index in [1.807, 2.05) is 6.07 Å². The molecule has 5 nitrogen and oxygen atoms in total. The summed E-state index contributed by atoms with van der Waals surface area (Å²) in [6.07, 6.45) is 0. The normalized spacial score (nSPS) is 9.95. The van der Waals surface area contributed by atoms with Crippen molar-refractivity contribution in [1.29, 1.82) is 0 Å². The molecule has 0 aliphatic carbocycles. The number of hydrogen-bond acceptors (Lipinski definition) is 3. The fourth-order valence-corrected chi connectivity index (χ4v) is 2.03. The van der Waals surface area contributed by atoms with Crippen LogP contribution in [-0.4, -0.2) is 23.6 Å². The zero-order chi connectivity index (χ0) is 15.2. The van der Waals surface area contributed by atoms with Crippen LogP contribution in [0.3, 0.4) is 0 Å². The lowest BCUT2D eigenvalue weighted by atomic mass is 10.2. The van der Waals surface area contributed by atoms with Gasteiger partial charge in [0.25, 0.3) is 5.91 Å². The Kier molecular flexibility index (Phi) is 4.94. The fraction of sp³-hybridized carbons (Fsp3) is 0.0667. The lowest BCUT2D eigenvalue weighted by Gasteiger charge is -2.08. The third-order valence-corrected chi connectivity index (χ3v) is 3.05. The SMILES string of the molecule is O=C(COc1cccc(C(=O)O)c1)Nc1cccc(Br)c1. The Balaban J connectivity index is 1.92. The maximum Gasteiger partial charge on any atom is 0.335 e. The van der Waals surface area contributed by atoms with Crippen LogP contribution in [0, 0.1) is 0 Å². The molecule has 0 heterocycles. The summed E-state index contributed by atoms with van der Waals surface area (Å²) in [5.41, 5.74) is 0.761. The molecule has 0 aliphatic heterocycles. The van der Waals surface area contributed by atoms with Crippen molar-refractivity contribution in [2.75, 3.05) is 11.9 Å². The summed E-state index contributed by atoms with van der Waals surface area (Å²) in [5, 5.41) is 11.5. The van der Waals surface area contributed by atoms with E-state index in [0.29, 0.717) is 11.4 Å². The molecule has 0 bridgehead atoms. The molecule has 0 unspecified atom stereocenters. The van der Waals surface area contributed by atoms with Crippen molar-refractivity contribution < 1.29 is 19.4 Å². The summed E-state index contributed by atoms with van der Waals surface area (Å²) in [6, 6.07) is 13.2. The van der Waals surface area contributed by atoms with Gasteiger partial charge in [-0.1, -0.05) is 28.1 Å². The van der Waals surface area contributed by atoms with E-state index in [2.05, 4.69) is 21.2 Å². The van der Waals surface area contributed by atoms with Crippen LogP contribution in [0.2, 0.25) is 0 Å². The summed E-state index contributed by atoms with van der Waals surface area (Å²) >= 11 is 3.31. The average molecular weight is 350 g/mol. The summed E-state index contributed by atoms with van der Waals surface area (Å²) in [7, 11) is 0. The third kappa shape index (κ3) is 4.61. The van der Waals surface area contributed by atoms with Gasteiger partial charge in [0.05, 0.1) is 5.56 Å². The van der Waals surface area contributed by atoms with E-state index in [0.717, 1.165) is 4.47 Å². The number of hydrogen-bond donors (Lipinski definition) is 2. The molecule has 0 radical (unpaired) electrons. The molecule has 2 aromatic rings. The van der Waals surface area contributed by atoms with E-state index in [4.69, 9.17) is 9.84 Å². The maximum atomic E-state index is 11.7. The predicted octanol–water partition coefficient (Wildman–Crippen LogP) is 3.16. The lowest BCUT2D eigenvalue weighted by molar-refractivity contribution is -0.118. The van der Waals surface area contributed by atoms with Gasteiger partial charge in [0.2, 0.25) is 0 Å². The fourth-order valence-electron chi connectivity index (χ4n) is 1.63. The number of carbonyl (C=O) groups excluding carboxylic acids is 1. The van der Waals surface area contributed by atoms with Gasteiger partial charge in [-0.3, -0.25) is 4.79 Å². The highest BCUT2D eigenvalue weighted by molar-refractivity contribution is 9.10. The number of rotatable bonds is 5. The molecular weight excluding hydrogens is 338 g/mol. The summed E-state index contributed by atoms with van der Waals surface area (Å²) in [4.78, 5) is 22.6. The van der Waals surface area contributed by atoms with Gasteiger partial charge in [0.1, 0.15) is 5.75 Å². The number of carbonyl (C=O) groups is 2. The number of nitrogens with one attached hydrogen (secondary N) is 1. The van der Waals surface area contributed by atoms with Crippen molar-refractivity contribution >= 4 is 33.5 Å². The molecule has 0 fully saturated rings. The number of ether oxygens (including phenoxy) is 1. The van der Waals surface area contributed by atoms with Crippen molar-refractivity contribution in [2.24, 2.45) is 0 Å². The Bertz CT molecular complexity index is 672. The van der Waals surface area contributed by atoms with Crippen LogP contribution in [0.4, 0.5) is 5.69 Å². The second-order valence-electron chi connectivity index (χ2n) is 4.18. The molecule has 0 aliphatic rings. The van der Waals surface area contributed by atoms with Crippen LogP contribution in [0.15, 0.2) is 53.0 Å². The first-order valence-electron chi connectivity index (χ1n) is 6.06. The summed E-state index contributed by atoms with van der Waals surface area (Å²) < 4.78 is 6.13. The Hall–Kier alpha value is -2.34. The Morgan fingerprint density at radius 3 is 2.62 bits per heavy atom. The van der Waals surface area contributed by atoms with Gasteiger partial charge < -0.3 is 15.2 Å².